The molecule has 1 aliphatic rings. The number of aryl methyl sites for hydroxylation is 1. The maximum absolute atomic E-state index is 6.02. The summed E-state index contributed by atoms with van der Waals surface area (Å²) < 4.78 is 7.99. The summed E-state index contributed by atoms with van der Waals surface area (Å²) in [5.41, 5.74) is 0. The van der Waals surface area contributed by atoms with Crippen molar-refractivity contribution in [1.82, 2.24) is 20.1 Å². The van der Waals surface area contributed by atoms with E-state index in [2.05, 4.69) is 36.2 Å². The van der Waals surface area contributed by atoms with Gasteiger partial charge in [0.15, 0.2) is 0 Å². The van der Waals surface area contributed by atoms with Crippen LogP contribution in [0.15, 0.2) is 6.33 Å². The third kappa shape index (κ3) is 3.76. The molecule has 0 spiro atoms. The first-order chi connectivity index (χ1) is 9.24. The molecule has 1 saturated heterocycles. The van der Waals surface area contributed by atoms with Gasteiger partial charge in [0.25, 0.3) is 0 Å². The smallest absolute Gasteiger partial charge is 0.138 e. The highest BCUT2D eigenvalue weighted by Crippen LogP contribution is 2.23. The Morgan fingerprint density at radius 1 is 1.47 bits per heavy atom. The highest BCUT2D eigenvalue weighted by atomic mass is 16.5. The zero-order chi connectivity index (χ0) is 13.7. The molecule has 1 N–H and O–H groups in total. The maximum Gasteiger partial charge on any atom is 0.138 e. The van der Waals surface area contributed by atoms with Gasteiger partial charge in [-0.2, -0.15) is 5.10 Å². The molecule has 1 aliphatic heterocycles. The molecule has 0 aliphatic carbocycles. The lowest BCUT2D eigenvalue weighted by Gasteiger charge is -2.24. The average molecular weight is 266 g/mol. The van der Waals surface area contributed by atoms with Crippen molar-refractivity contribution in [2.45, 2.75) is 71.2 Å². The summed E-state index contributed by atoms with van der Waals surface area (Å²) in [6.07, 6.45) is 6.68. The second-order valence-corrected chi connectivity index (χ2v) is 5.32. The van der Waals surface area contributed by atoms with E-state index in [-0.39, 0.29) is 0 Å². The van der Waals surface area contributed by atoms with E-state index in [0.29, 0.717) is 18.2 Å². The third-order valence-corrected chi connectivity index (χ3v) is 3.77. The number of hydrogen-bond donors (Lipinski definition) is 1. The Morgan fingerprint density at radius 3 is 2.95 bits per heavy atom. The normalized spacial score (nSPS) is 24.8. The topological polar surface area (TPSA) is 52.0 Å². The quantitative estimate of drug-likeness (QED) is 0.817. The van der Waals surface area contributed by atoms with Crippen molar-refractivity contribution < 1.29 is 4.74 Å². The summed E-state index contributed by atoms with van der Waals surface area (Å²) in [4.78, 5) is 4.38. The van der Waals surface area contributed by atoms with Crippen LogP contribution in [0.1, 0.15) is 45.9 Å². The van der Waals surface area contributed by atoms with Crippen molar-refractivity contribution in [3.8, 4) is 0 Å². The predicted octanol–water partition coefficient (Wildman–Crippen LogP) is 1.78. The van der Waals surface area contributed by atoms with Crippen LogP contribution in [0.25, 0.3) is 0 Å². The lowest BCUT2D eigenvalue weighted by Crippen LogP contribution is -2.42. The number of nitrogens with one attached hydrogen (secondary N) is 1. The number of ether oxygens (including phenoxy) is 1. The van der Waals surface area contributed by atoms with Gasteiger partial charge < -0.3 is 10.1 Å². The second-order valence-electron chi connectivity index (χ2n) is 5.32. The molecule has 3 atom stereocenters. The minimum Gasteiger partial charge on any atom is -0.374 e. The highest BCUT2D eigenvalue weighted by molar-refractivity contribution is 4.94. The van der Waals surface area contributed by atoms with Crippen LogP contribution in [-0.2, 0) is 17.7 Å². The Bertz CT molecular complexity index is 379. The van der Waals surface area contributed by atoms with E-state index in [4.69, 9.17) is 4.74 Å². The molecule has 2 rings (SSSR count). The second kappa shape index (κ2) is 7.01. The summed E-state index contributed by atoms with van der Waals surface area (Å²) in [5, 5.41) is 7.86. The van der Waals surface area contributed by atoms with Gasteiger partial charge in [-0.25, -0.2) is 4.98 Å². The Hall–Kier alpha value is -0.940. The SMILES string of the molecule is CCCNC(Cc1ncnn1CC)C1CCC(C)O1. The van der Waals surface area contributed by atoms with Crippen LogP contribution in [0, 0.1) is 0 Å². The van der Waals surface area contributed by atoms with Crippen molar-refractivity contribution in [3.05, 3.63) is 12.2 Å². The van der Waals surface area contributed by atoms with Gasteiger partial charge >= 0.3 is 0 Å². The summed E-state index contributed by atoms with van der Waals surface area (Å²) in [5.74, 6) is 1.05. The molecule has 1 aromatic rings. The fourth-order valence-corrected chi connectivity index (χ4v) is 2.70. The Balaban J connectivity index is 2.01. The molecular weight excluding hydrogens is 240 g/mol. The molecule has 2 heterocycles. The minimum atomic E-state index is 0.309. The fourth-order valence-electron chi connectivity index (χ4n) is 2.70. The van der Waals surface area contributed by atoms with Crippen LogP contribution in [0.5, 0.6) is 0 Å². The molecule has 5 heteroatoms. The van der Waals surface area contributed by atoms with E-state index in [1.54, 1.807) is 6.33 Å². The van der Waals surface area contributed by atoms with Gasteiger partial charge in [0.1, 0.15) is 12.2 Å². The summed E-state index contributed by atoms with van der Waals surface area (Å²) in [6.45, 7) is 8.35. The molecule has 0 aromatic carbocycles. The minimum absolute atomic E-state index is 0.309. The molecule has 0 radical (unpaired) electrons. The molecule has 108 valence electrons. The van der Waals surface area contributed by atoms with E-state index in [1.807, 2.05) is 4.68 Å². The molecule has 5 nitrogen and oxygen atoms in total. The number of hydrogen-bond acceptors (Lipinski definition) is 4. The van der Waals surface area contributed by atoms with Crippen LogP contribution in [0.4, 0.5) is 0 Å². The maximum atomic E-state index is 6.02. The number of rotatable bonds is 7. The van der Waals surface area contributed by atoms with Gasteiger partial charge in [-0.05, 0) is 39.7 Å². The first kappa shape index (κ1) is 14.5. The average Bonchev–Trinajstić information content (AvgIpc) is 3.02. The Labute approximate surface area is 115 Å². The number of aromatic nitrogens is 3. The molecule has 3 unspecified atom stereocenters. The molecular formula is C14H26N4O. The van der Waals surface area contributed by atoms with Gasteiger partial charge in [-0.15, -0.1) is 0 Å². The van der Waals surface area contributed by atoms with Gasteiger partial charge in [0.05, 0.1) is 12.2 Å². The van der Waals surface area contributed by atoms with E-state index >= 15 is 0 Å². The number of nitrogens with zero attached hydrogens (tertiary/aromatic N) is 3. The van der Waals surface area contributed by atoms with Crippen molar-refractivity contribution in [3.63, 3.8) is 0 Å². The van der Waals surface area contributed by atoms with Crippen LogP contribution in [0.3, 0.4) is 0 Å². The first-order valence-corrected chi connectivity index (χ1v) is 7.50. The van der Waals surface area contributed by atoms with Gasteiger partial charge in [-0.3, -0.25) is 4.68 Å². The highest BCUT2D eigenvalue weighted by Gasteiger charge is 2.30. The lowest BCUT2D eigenvalue weighted by atomic mass is 10.0. The van der Waals surface area contributed by atoms with Crippen molar-refractivity contribution in [2.75, 3.05) is 6.54 Å². The molecule has 19 heavy (non-hydrogen) atoms. The molecule has 0 bridgehead atoms. The predicted molar refractivity (Wildman–Crippen MR) is 75.1 cm³/mol. The van der Waals surface area contributed by atoms with E-state index in [9.17, 15) is 0 Å². The van der Waals surface area contributed by atoms with E-state index in [0.717, 1.165) is 44.6 Å². The van der Waals surface area contributed by atoms with Crippen molar-refractivity contribution in [1.29, 1.82) is 0 Å². The summed E-state index contributed by atoms with van der Waals surface area (Å²) >= 11 is 0. The van der Waals surface area contributed by atoms with Gasteiger partial charge in [0.2, 0.25) is 0 Å². The van der Waals surface area contributed by atoms with Crippen LogP contribution < -0.4 is 5.32 Å². The largest absolute Gasteiger partial charge is 0.374 e. The Morgan fingerprint density at radius 2 is 2.32 bits per heavy atom. The van der Waals surface area contributed by atoms with E-state index in [1.165, 1.54) is 0 Å². The van der Waals surface area contributed by atoms with Gasteiger partial charge in [0, 0.05) is 19.0 Å². The summed E-state index contributed by atoms with van der Waals surface area (Å²) in [7, 11) is 0. The zero-order valence-corrected chi connectivity index (χ0v) is 12.3. The fraction of sp³-hybridized carbons (Fsp3) is 0.857. The molecule has 0 saturated carbocycles. The first-order valence-electron chi connectivity index (χ1n) is 7.50. The summed E-state index contributed by atoms with van der Waals surface area (Å²) in [6, 6.07) is 0.347. The monoisotopic (exact) mass is 266 g/mol. The zero-order valence-electron chi connectivity index (χ0n) is 12.3. The van der Waals surface area contributed by atoms with Gasteiger partial charge in [-0.1, -0.05) is 6.92 Å². The lowest BCUT2D eigenvalue weighted by molar-refractivity contribution is 0.0314. The Kier molecular flexibility index (Phi) is 5.34. The van der Waals surface area contributed by atoms with Crippen LogP contribution in [0.2, 0.25) is 0 Å². The standard InChI is InChI=1S/C14H26N4O/c1-4-8-15-12(13-7-6-11(3)19-13)9-14-16-10-17-18(14)5-2/h10-13,15H,4-9H2,1-3H3. The molecule has 1 fully saturated rings. The van der Waals surface area contributed by atoms with Crippen molar-refractivity contribution in [2.24, 2.45) is 0 Å². The van der Waals surface area contributed by atoms with E-state index < -0.39 is 0 Å². The molecule has 1 aromatic heterocycles. The van der Waals surface area contributed by atoms with Crippen LogP contribution in [-0.4, -0.2) is 39.6 Å². The van der Waals surface area contributed by atoms with Crippen LogP contribution >= 0.6 is 0 Å². The van der Waals surface area contributed by atoms with Crippen molar-refractivity contribution >= 4 is 0 Å². The molecule has 0 amide bonds. The third-order valence-electron chi connectivity index (χ3n) is 3.77.